The smallest absolute Gasteiger partial charge is 0.216 e. The molecule has 164 valence electrons. The predicted octanol–water partition coefficient (Wildman–Crippen LogP) is -0.820. The second-order valence-corrected chi connectivity index (χ2v) is 10.0. The molecule has 2 rings (SSSR count). The minimum absolute atomic E-state index is 0.0414. The van der Waals surface area contributed by atoms with E-state index >= 15 is 0 Å². The van der Waals surface area contributed by atoms with Crippen LogP contribution in [0.5, 0.6) is 0 Å². The van der Waals surface area contributed by atoms with Crippen molar-refractivity contribution in [3.63, 3.8) is 0 Å². The molecule has 2 aliphatic rings. The molecule has 0 bridgehead atoms. The second-order valence-electron chi connectivity index (χ2n) is 7.95. The largest absolute Gasteiger partial charge is 0.378 e. The summed E-state index contributed by atoms with van der Waals surface area (Å²) >= 11 is 0. The Morgan fingerprint density at radius 1 is 1.14 bits per heavy atom. The summed E-state index contributed by atoms with van der Waals surface area (Å²) in [7, 11) is 2.83. The van der Waals surface area contributed by atoms with Crippen LogP contribution in [0.25, 0.3) is 0 Å². The molecule has 0 aromatic rings. The Balaban J connectivity index is 1.80. The zero-order valence-electron chi connectivity index (χ0n) is 18.1. The quantitative estimate of drug-likeness (QED) is 0.427. The van der Waals surface area contributed by atoms with Gasteiger partial charge in [-0.2, -0.15) is 4.31 Å². The lowest BCUT2D eigenvalue weighted by Gasteiger charge is -2.39. The van der Waals surface area contributed by atoms with Gasteiger partial charge in [0.15, 0.2) is 5.96 Å². The molecule has 2 aliphatic heterocycles. The molecule has 10 heteroatoms. The van der Waals surface area contributed by atoms with Crippen LogP contribution in [0.3, 0.4) is 0 Å². The number of nitrogens with zero attached hydrogens (tertiary/aromatic N) is 5. The molecule has 0 aliphatic carbocycles. The summed E-state index contributed by atoms with van der Waals surface area (Å²) in [6.07, 6.45) is 0.0458. The minimum Gasteiger partial charge on any atom is -0.378 e. The van der Waals surface area contributed by atoms with Gasteiger partial charge in [0.2, 0.25) is 10.0 Å². The normalized spacial score (nSPS) is 24.1. The first-order chi connectivity index (χ1) is 13.2. The number of aliphatic imine (C=N–C) groups is 1. The molecule has 0 spiro atoms. The van der Waals surface area contributed by atoms with Crippen LogP contribution >= 0.6 is 0 Å². The van der Waals surface area contributed by atoms with Crippen LogP contribution < -0.4 is 5.32 Å². The van der Waals surface area contributed by atoms with Gasteiger partial charge in [-0.1, -0.05) is 0 Å². The van der Waals surface area contributed by atoms with E-state index in [4.69, 9.17) is 4.74 Å². The van der Waals surface area contributed by atoms with Crippen molar-refractivity contribution < 1.29 is 13.2 Å². The molecule has 0 radical (unpaired) electrons. The highest BCUT2D eigenvalue weighted by Gasteiger charge is 2.29. The Morgan fingerprint density at radius 3 is 2.43 bits per heavy atom. The molecule has 0 amide bonds. The number of guanidine groups is 1. The Hall–Kier alpha value is -0.940. The average molecular weight is 419 g/mol. The van der Waals surface area contributed by atoms with Crippen LogP contribution in [0.2, 0.25) is 0 Å². The van der Waals surface area contributed by atoms with E-state index in [2.05, 4.69) is 39.1 Å². The van der Waals surface area contributed by atoms with Gasteiger partial charge in [0.05, 0.1) is 18.5 Å². The number of piperazine rings is 2. The van der Waals surface area contributed by atoms with Crippen molar-refractivity contribution >= 4 is 16.0 Å². The summed E-state index contributed by atoms with van der Waals surface area (Å²) in [5, 5.41) is 3.48. The van der Waals surface area contributed by atoms with Gasteiger partial charge in [-0.25, -0.2) is 8.42 Å². The van der Waals surface area contributed by atoms with E-state index in [-0.39, 0.29) is 18.5 Å². The third kappa shape index (κ3) is 6.84. The Labute approximate surface area is 170 Å². The number of ether oxygens (including phenoxy) is 1. The Morgan fingerprint density at radius 2 is 1.82 bits per heavy atom. The van der Waals surface area contributed by atoms with E-state index in [0.717, 1.165) is 32.1 Å². The topological polar surface area (TPSA) is 80.7 Å². The van der Waals surface area contributed by atoms with Crippen LogP contribution in [0.4, 0.5) is 0 Å². The molecule has 9 nitrogen and oxygen atoms in total. The molecule has 1 unspecified atom stereocenters. The van der Waals surface area contributed by atoms with E-state index in [9.17, 15) is 8.42 Å². The van der Waals surface area contributed by atoms with E-state index in [1.807, 2.05) is 13.8 Å². The first-order valence-corrected chi connectivity index (χ1v) is 11.8. The minimum atomic E-state index is -3.27. The highest BCUT2D eigenvalue weighted by molar-refractivity contribution is 7.89. The lowest BCUT2D eigenvalue weighted by molar-refractivity contribution is 0.0904. The van der Waals surface area contributed by atoms with Crippen molar-refractivity contribution in [3.8, 4) is 0 Å². The standard InChI is InChI=1S/C18H38N6O3S/c1-16(2)27-12-13-28(25,26)24-10-8-23(9-11-24)18(19-3)20-14-17-15-21(4)6-7-22(17)5/h16-17H,6-15H2,1-5H3,(H,19,20). The molecule has 28 heavy (non-hydrogen) atoms. The fourth-order valence-electron chi connectivity index (χ4n) is 3.56. The maximum atomic E-state index is 12.5. The Kier molecular flexibility index (Phi) is 8.94. The van der Waals surface area contributed by atoms with Gasteiger partial charge in [-0.05, 0) is 27.9 Å². The summed E-state index contributed by atoms with van der Waals surface area (Å²) in [6, 6.07) is 0.443. The zero-order chi connectivity index (χ0) is 20.7. The fraction of sp³-hybridized carbons (Fsp3) is 0.944. The van der Waals surface area contributed by atoms with Gasteiger partial charge < -0.3 is 19.9 Å². The third-order valence-electron chi connectivity index (χ3n) is 5.41. The number of hydrogen-bond acceptors (Lipinski definition) is 6. The van der Waals surface area contributed by atoms with E-state index in [1.54, 1.807) is 11.4 Å². The summed E-state index contributed by atoms with van der Waals surface area (Å²) < 4.78 is 31.9. The SMILES string of the molecule is CN=C(NCC1CN(C)CCN1C)N1CCN(S(=O)(=O)CCOC(C)C)CC1. The van der Waals surface area contributed by atoms with Crippen molar-refractivity contribution in [3.05, 3.63) is 0 Å². The molecule has 0 aromatic carbocycles. The van der Waals surface area contributed by atoms with Crippen LogP contribution in [-0.4, -0.2) is 131 Å². The third-order valence-corrected chi connectivity index (χ3v) is 7.25. The fourth-order valence-corrected chi connectivity index (χ4v) is 4.84. The molecule has 2 heterocycles. The molecular weight excluding hydrogens is 380 g/mol. The summed E-state index contributed by atoms with van der Waals surface area (Å²) in [5.41, 5.74) is 0. The predicted molar refractivity (Wildman–Crippen MR) is 113 cm³/mol. The summed E-state index contributed by atoms with van der Waals surface area (Å²) in [6.45, 7) is 10.3. The summed E-state index contributed by atoms with van der Waals surface area (Å²) in [5.74, 6) is 0.890. The van der Waals surface area contributed by atoms with E-state index < -0.39 is 10.0 Å². The van der Waals surface area contributed by atoms with E-state index in [1.165, 1.54) is 0 Å². The first-order valence-electron chi connectivity index (χ1n) is 10.2. The second kappa shape index (κ2) is 10.7. The van der Waals surface area contributed by atoms with Crippen molar-refractivity contribution in [1.29, 1.82) is 0 Å². The maximum absolute atomic E-state index is 12.5. The van der Waals surface area contributed by atoms with Gasteiger partial charge in [-0.3, -0.25) is 9.89 Å². The molecular formula is C18H38N6O3S. The van der Waals surface area contributed by atoms with Crippen molar-refractivity contribution in [2.24, 2.45) is 4.99 Å². The molecule has 0 saturated carbocycles. The lowest BCUT2D eigenvalue weighted by Crippen LogP contribution is -2.58. The number of sulfonamides is 1. The highest BCUT2D eigenvalue weighted by atomic mass is 32.2. The zero-order valence-corrected chi connectivity index (χ0v) is 18.9. The van der Waals surface area contributed by atoms with Gasteiger partial charge in [0.1, 0.15) is 0 Å². The molecule has 0 aromatic heterocycles. The Bertz CT molecular complexity index is 604. The van der Waals surface area contributed by atoms with Crippen molar-refractivity contribution in [2.75, 3.05) is 85.9 Å². The molecule has 2 saturated heterocycles. The lowest BCUT2D eigenvalue weighted by atomic mass is 10.2. The molecule has 1 N–H and O–H groups in total. The highest BCUT2D eigenvalue weighted by Crippen LogP contribution is 2.10. The van der Waals surface area contributed by atoms with Crippen LogP contribution in [0.15, 0.2) is 4.99 Å². The number of hydrogen-bond donors (Lipinski definition) is 1. The maximum Gasteiger partial charge on any atom is 0.216 e. The van der Waals surface area contributed by atoms with Gasteiger partial charge in [-0.15, -0.1) is 0 Å². The average Bonchev–Trinajstić information content (AvgIpc) is 2.65. The van der Waals surface area contributed by atoms with Crippen molar-refractivity contribution in [1.82, 2.24) is 24.3 Å². The molecule has 1 atom stereocenters. The van der Waals surface area contributed by atoms with E-state index in [0.29, 0.717) is 32.2 Å². The van der Waals surface area contributed by atoms with Crippen molar-refractivity contribution in [2.45, 2.75) is 26.0 Å². The first kappa shape index (κ1) is 23.3. The van der Waals surface area contributed by atoms with Gasteiger partial charge in [0.25, 0.3) is 0 Å². The number of rotatable bonds is 7. The van der Waals surface area contributed by atoms with Crippen LogP contribution in [0.1, 0.15) is 13.8 Å². The van der Waals surface area contributed by atoms with Gasteiger partial charge in [0, 0.05) is 65.4 Å². The monoisotopic (exact) mass is 418 g/mol. The van der Waals surface area contributed by atoms with Crippen LogP contribution in [-0.2, 0) is 14.8 Å². The summed E-state index contributed by atoms with van der Waals surface area (Å²) in [4.78, 5) is 11.3. The number of likely N-dealkylation sites (N-methyl/N-ethyl adjacent to an activating group) is 2. The molecule has 2 fully saturated rings. The van der Waals surface area contributed by atoms with Gasteiger partial charge >= 0.3 is 0 Å². The van der Waals surface area contributed by atoms with Crippen LogP contribution in [0, 0.1) is 0 Å². The number of nitrogens with one attached hydrogen (secondary N) is 1.